The molecule has 2 N–H and O–H groups in total. The fraction of sp³-hybridized carbons (Fsp3) is 0. The fourth-order valence-electron chi connectivity index (χ4n) is 1.75. The minimum absolute atomic E-state index is 0.126. The van der Waals surface area contributed by atoms with Crippen LogP contribution < -0.4 is 9.89 Å². The van der Waals surface area contributed by atoms with Gasteiger partial charge in [0.1, 0.15) is 11.0 Å². The lowest BCUT2D eigenvalue weighted by molar-refractivity contribution is -0.104. The SMILES string of the molecule is N#CC1=C(N)S(=[N+]=[N-])C(C=O)=C1c1ccccc1. The van der Waals surface area contributed by atoms with Gasteiger partial charge in [-0.15, -0.1) is 4.16 Å². The Morgan fingerprint density at radius 3 is 2.56 bits per heavy atom. The van der Waals surface area contributed by atoms with Crippen LogP contribution in [-0.4, -0.2) is 6.29 Å². The Morgan fingerprint density at radius 2 is 2.06 bits per heavy atom. The van der Waals surface area contributed by atoms with Crippen LogP contribution >= 0.6 is 0 Å². The summed E-state index contributed by atoms with van der Waals surface area (Å²) in [6.07, 6.45) is 0.586. The van der Waals surface area contributed by atoms with Crippen LogP contribution in [0.15, 0.2) is 45.8 Å². The first-order valence-electron chi connectivity index (χ1n) is 4.99. The molecule has 5 nitrogen and oxygen atoms in total. The summed E-state index contributed by atoms with van der Waals surface area (Å²) in [5.74, 6) is 0. The first kappa shape index (κ1) is 12.0. The number of benzene rings is 1. The van der Waals surface area contributed by atoms with E-state index in [1.807, 2.05) is 12.1 Å². The smallest absolute Gasteiger partial charge is 0.244 e. The zero-order chi connectivity index (χ0) is 13.1. The highest BCUT2D eigenvalue weighted by atomic mass is 32.2. The number of carbonyl (C=O) groups excluding carboxylic acids is 1. The number of carbonyl (C=O) groups is 1. The molecule has 0 saturated carbocycles. The molecule has 1 aromatic rings. The summed E-state index contributed by atoms with van der Waals surface area (Å²) in [5, 5.41) is 9.26. The van der Waals surface area contributed by atoms with Gasteiger partial charge >= 0.3 is 0 Å². The van der Waals surface area contributed by atoms with Crippen LogP contribution in [0.2, 0.25) is 0 Å². The molecule has 0 aromatic heterocycles. The summed E-state index contributed by atoms with van der Waals surface area (Å²) in [5.41, 5.74) is 16.0. The van der Waals surface area contributed by atoms with Crippen molar-refractivity contribution in [3.63, 3.8) is 0 Å². The molecule has 88 valence electrons. The van der Waals surface area contributed by atoms with E-state index in [-0.39, 0.29) is 15.5 Å². The number of nitrogens with zero attached hydrogens (tertiary/aromatic N) is 3. The van der Waals surface area contributed by atoms with Gasteiger partial charge in [0.2, 0.25) is 10.7 Å². The molecule has 1 unspecified atom stereocenters. The summed E-state index contributed by atoms with van der Waals surface area (Å²) in [6, 6.07) is 10.9. The molecule has 0 fully saturated rings. The van der Waals surface area contributed by atoms with Crippen LogP contribution in [0.3, 0.4) is 0 Å². The molecule has 1 atom stereocenters. The van der Waals surface area contributed by atoms with Crippen molar-refractivity contribution in [2.45, 2.75) is 0 Å². The lowest BCUT2D eigenvalue weighted by Gasteiger charge is -2.01. The Morgan fingerprint density at radius 1 is 1.39 bits per heavy atom. The predicted octanol–water partition coefficient (Wildman–Crippen LogP) is 1.19. The van der Waals surface area contributed by atoms with Gasteiger partial charge in [0.05, 0.1) is 5.57 Å². The van der Waals surface area contributed by atoms with Gasteiger partial charge in [-0.05, 0) is 5.56 Å². The molecule has 6 heteroatoms. The van der Waals surface area contributed by atoms with E-state index >= 15 is 0 Å². The Kier molecular flexibility index (Phi) is 3.20. The van der Waals surface area contributed by atoms with Crippen LogP contribution in [-0.2, 0) is 15.5 Å². The van der Waals surface area contributed by atoms with E-state index in [0.717, 1.165) is 0 Å². The van der Waals surface area contributed by atoms with Crippen molar-refractivity contribution in [2.75, 3.05) is 0 Å². The highest BCUT2D eigenvalue weighted by Crippen LogP contribution is 2.35. The molecule has 0 saturated heterocycles. The molecule has 18 heavy (non-hydrogen) atoms. The summed E-state index contributed by atoms with van der Waals surface area (Å²) in [6.45, 7) is 0. The third-order valence-corrected chi connectivity index (χ3v) is 4.02. The maximum Gasteiger partial charge on any atom is 0.244 e. The van der Waals surface area contributed by atoms with Crippen LogP contribution in [0, 0.1) is 11.3 Å². The number of nitrogens with two attached hydrogens (primary N) is 1. The molecule has 1 aromatic carbocycles. The van der Waals surface area contributed by atoms with E-state index in [9.17, 15) is 4.79 Å². The van der Waals surface area contributed by atoms with Gasteiger partial charge in [-0.1, -0.05) is 30.3 Å². The van der Waals surface area contributed by atoms with Gasteiger partial charge in [-0.2, -0.15) is 5.26 Å². The van der Waals surface area contributed by atoms with Crippen molar-refractivity contribution in [2.24, 2.45) is 5.73 Å². The fourth-order valence-corrected chi connectivity index (χ4v) is 3.01. The molecule has 0 bridgehead atoms. The maximum absolute atomic E-state index is 11.2. The molecule has 0 spiro atoms. The average Bonchev–Trinajstić information content (AvgIpc) is 2.70. The predicted molar refractivity (Wildman–Crippen MR) is 69.1 cm³/mol. The molecule has 0 radical (unpaired) electrons. The summed E-state index contributed by atoms with van der Waals surface area (Å²) in [7, 11) is -1.25. The maximum atomic E-state index is 11.2. The summed E-state index contributed by atoms with van der Waals surface area (Å²) in [4.78, 5) is 11.4. The van der Waals surface area contributed by atoms with Gasteiger partial charge in [0.25, 0.3) is 0 Å². The van der Waals surface area contributed by atoms with E-state index in [1.165, 1.54) is 0 Å². The first-order valence-corrected chi connectivity index (χ1v) is 6.17. The second-order valence-corrected chi connectivity index (χ2v) is 5.05. The van der Waals surface area contributed by atoms with Crippen molar-refractivity contribution >= 4 is 22.6 Å². The molecule has 1 aliphatic rings. The lowest BCUT2D eigenvalue weighted by atomic mass is 9.99. The largest absolute Gasteiger partial charge is 0.387 e. The standard InChI is InChI=1S/C12H8N4OS/c13-6-9-11(8-4-2-1-3-5-8)10(7-17)18(16-15)12(9)14/h1-5,7H,14H2. The first-order chi connectivity index (χ1) is 8.74. The Balaban J connectivity index is 2.80. The minimum Gasteiger partial charge on any atom is -0.387 e. The molecule has 1 aliphatic heterocycles. The Labute approximate surface area is 106 Å². The molecule has 0 amide bonds. The van der Waals surface area contributed by atoms with E-state index in [4.69, 9.17) is 16.5 Å². The molecular formula is C12H8N4OS. The normalized spacial score (nSPS) is 18.5. The third-order valence-electron chi connectivity index (χ3n) is 2.52. The quantitative estimate of drug-likeness (QED) is 0.488. The highest BCUT2D eigenvalue weighted by molar-refractivity contribution is 7.95. The number of aldehydes is 1. The van der Waals surface area contributed by atoms with Gasteiger partial charge in [0, 0.05) is 5.57 Å². The van der Waals surface area contributed by atoms with Crippen molar-refractivity contribution in [3.8, 4) is 6.07 Å². The topological polar surface area (TPSA) is 103 Å². The second kappa shape index (κ2) is 4.80. The Hall–Kier alpha value is -2.48. The van der Waals surface area contributed by atoms with Gasteiger partial charge in [0.15, 0.2) is 11.3 Å². The molecule has 1 heterocycles. The number of allylic oxidation sites excluding steroid dienone is 3. The van der Waals surface area contributed by atoms with Gasteiger partial charge in [-0.25, -0.2) is 0 Å². The number of nitriles is 1. The number of hydrogen-bond donors (Lipinski definition) is 1. The van der Waals surface area contributed by atoms with Crippen molar-refractivity contribution in [1.29, 1.82) is 5.26 Å². The number of rotatable bonds is 2. The lowest BCUT2D eigenvalue weighted by Crippen LogP contribution is -2.06. The van der Waals surface area contributed by atoms with Crippen molar-refractivity contribution < 1.29 is 4.79 Å². The third kappa shape index (κ3) is 1.68. The van der Waals surface area contributed by atoms with Crippen LogP contribution in [0.5, 0.6) is 0 Å². The average molecular weight is 256 g/mol. The minimum atomic E-state index is -1.25. The molecular weight excluding hydrogens is 248 g/mol. The highest BCUT2D eigenvalue weighted by Gasteiger charge is 2.34. The van der Waals surface area contributed by atoms with Crippen molar-refractivity contribution in [3.05, 3.63) is 56.9 Å². The Bertz CT molecular complexity index is 676. The molecule has 2 rings (SSSR count). The van der Waals surface area contributed by atoms with Gasteiger partial charge < -0.3 is 11.3 Å². The monoisotopic (exact) mass is 256 g/mol. The molecule has 0 aliphatic carbocycles. The summed E-state index contributed by atoms with van der Waals surface area (Å²) < 4.78 is 3.10. The van der Waals surface area contributed by atoms with E-state index in [1.54, 1.807) is 24.3 Å². The van der Waals surface area contributed by atoms with E-state index in [0.29, 0.717) is 17.4 Å². The van der Waals surface area contributed by atoms with Crippen LogP contribution in [0.1, 0.15) is 5.56 Å². The second-order valence-electron chi connectivity index (χ2n) is 3.44. The van der Waals surface area contributed by atoms with Crippen LogP contribution in [0.4, 0.5) is 0 Å². The summed E-state index contributed by atoms with van der Waals surface area (Å²) >= 11 is 0. The van der Waals surface area contributed by atoms with E-state index in [2.05, 4.69) is 4.16 Å². The number of hydrogen-bond acceptors (Lipinski definition) is 3. The zero-order valence-corrected chi connectivity index (χ0v) is 10.0. The van der Waals surface area contributed by atoms with Crippen molar-refractivity contribution in [1.82, 2.24) is 4.16 Å². The van der Waals surface area contributed by atoms with E-state index < -0.39 is 10.7 Å². The zero-order valence-electron chi connectivity index (χ0n) is 9.20. The van der Waals surface area contributed by atoms with Gasteiger partial charge in [-0.3, -0.25) is 4.79 Å². The van der Waals surface area contributed by atoms with Crippen LogP contribution in [0.25, 0.3) is 11.1 Å².